The summed E-state index contributed by atoms with van der Waals surface area (Å²) in [7, 11) is 0. The Hall–Kier alpha value is -0.480. The van der Waals surface area contributed by atoms with Crippen LogP contribution in [0.15, 0.2) is 9.98 Å². The third-order valence-electron chi connectivity index (χ3n) is 3.42. The molecule has 0 saturated carbocycles. The SMILES string of the molecule is CC(C)[C@H]1COC(C(Cl)(Cl)C2=N[C@@H](C(C)C)CO2)=N1. The van der Waals surface area contributed by atoms with E-state index in [-0.39, 0.29) is 12.1 Å². The molecule has 0 spiro atoms. The molecule has 0 N–H and O–H groups in total. The molecule has 2 heterocycles. The van der Waals surface area contributed by atoms with Crippen LogP contribution >= 0.6 is 23.2 Å². The first-order chi connectivity index (χ1) is 8.82. The Labute approximate surface area is 124 Å². The van der Waals surface area contributed by atoms with Gasteiger partial charge in [0.05, 0.1) is 12.1 Å². The van der Waals surface area contributed by atoms with Gasteiger partial charge in [0.2, 0.25) is 11.8 Å². The Morgan fingerprint density at radius 3 is 1.58 bits per heavy atom. The number of halogens is 2. The van der Waals surface area contributed by atoms with Gasteiger partial charge < -0.3 is 9.47 Å². The van der Waals surface area contributed by atoms with Crippen LogP contribution in [0.4, 0.5) is 0 Å². The number of nitrogens with zero attached hydrogens (tertiary/aromatic N) is 2. The van der Waals surface area contributed by atoms with Gasteiger partial charge in [0.1, 0.15) is 13.2 Å². The summed E-state index contributed by atoms with van der Waals surface area (Å²) in [6, 6.07) is 0.185. The van der Waals surface area contributed by atoms with E-state index in [1.807, 2.05) is 0 Å². The van der Waals surface area contributed by atoms with Gasteiger partial charge in [-0.3, -0.25) is 0 Å². The molecular formula is C13H20Cl2N2O2. The van der Waals surface area contributed by atoms with Crippen molar-refractivity contribution in [3.8, 4) is 0 Å². The first kappa shape index (κ1) is 14.9. The van der Waals surface area contributed by atoms with E-state index in [1.165, 1.54) is 0 Å². The van der Waals surface area contributed by atoms with Crippen LogP contribution in [0.1, 0.15) is 27.7 Å². The van der Waals surface area contributed by atoms with Crippen molar-refractivity contribution < 1.29 is 9.47 Å². The molecule has 0 aromatic carbocycles. The minimum atomic E-state index is -1.41. The standard InChI is InChI=1S/C13H20Cl2N2O2/c1-7(2)9-5-18-11(16-9)13(14,15)12-17-10(6-19-12)8(3)4/h7-10H,5-6H2,1-4H3/t9-,10-/m1/s1. The van der Waals surface area contributed by atoms with Gasteiger partial charge in [-0.05, 0) is 11.8 Å². The van der Waals surface area contributed by atoms with Gasteiger partial charge >= 0.3 is 0 Å². The van der Waals surface area contributed by atoms with Gasteiger partial charge in [0.25, 0.3) is 4.33 Å². The summed E-state index contributed by atoms with van der Waals surface area (Å²) in [5.74, 6) is 1.38. The largest absolute Gasteiger partial charge is 0.476 e. The molecule has 2 rings (SSSR count). The van der Waals surface area contributed by atoms with Crippen molar-refractivity contribution in [2.24, 2.45) is 21.8 Å². The van der Waals surface area contributed by atoms with Crippen LogP contribution in [0.3, 0.4) is 0 Å². The van der Waals surface area contributed by atoms with Crippen molar-refractivity contribution in [1.29, 1.82) is 0 Å². The number of hydrogen-bond acceptors (Lipinski definition) is 4. The van der Waals surface area contributed by atoms with Gasteiger partial charge in [-0.1, -0.05) is 50.9 Å². The van der Waals surface area contributed by atoms with Crippen LogP contribution in [0.25, 0.3) is 0 Å². The Bertz CT molecular complexity index is 369. The lowest BCUT2D eigenvalue weighted by molar-refractivity contribution is 0.275. The lowest BCUT2D eigenvalue weighted by Crippen LogP contribution is -2.36. The fourth-order valence-electron chi connectivity index (χ4n) is 1.90. The van der Waals surface area contributed by atoms with Gasteiger partial charge in [0.15, 0.2) is 0 Å². The first-order valence-corrected chi connectivity index (χ1v) is 7.38. The number of rotatable bonds is 4. The average molecular weight is 307 g/mol. The topological polar surface area (TPSA) is 43.2 Å². The monoisotopic (exact) mass is 306 g/mol. The summed E-state index contributed by atoms with van der Waals surface area (Å²) in [6.07, 6.45) is 0. The minimum Gasteiger partial charge on any atom is -0.476 e. The van der Waals surface area contributed by atoms with Crippen LogP contribution in [0.2, 0.25) is 0 Å². The predicted octanol–water partition coefficient (Wildman–Crippen LogP) is 3.07. The van der Waals surface area contributed by atoms with Crippen molar-refractivity contribution in [2.45, 2.75) is 44.1 Å². The van der Waals surface area contributed by atoms with E-state index < -0.39 is 4.33 Å². The number of ether oxygens (including phenoxy) is 2. The maximum absolute atomic E-state index is 6.34. The second-order valence-electron chi connectivity index (χ2n) is 5.69. The zero-order valence-electron chi connectivity index (χ0n) is 11.7. The van der Waals surface area contributed by atoms with Crippen molar-refractivity contribution in [1.82, 2.24) is 0 Å². The Morgan fingerprint density at radius 2 is 1.32 bits per heavy atom. The number of alkyl halides is 2. The van der Waals surface area contributed by atoms with E-state index in [0.29, 0.717) is 36.8 Å². The van der Waals surface area contributed by atoms with E-state index in [0.717, 1.165) is 0 Å². The van der Waals surface area contributed by atoms with Gasteiger partial charge in [-0.2, -0.15) is 0 Å². The molecule has 0 fully saturated rings. The van der Waals surface area contributed by atoms with Crippen molar-refractivity contribution in [3.63, 3.8) is 0 Å². The summed E-state index contributed by atoms with van der Waals surface area (Å²) >= 11 is 12.7. The fourth-order valence-corrected chi connectivity index (χ4v) is 2.31. The van der Waals surface area contributed by atoms with Crippen LogP contribution in [0.5, 0.6) is 0 Å². The predicted molar refractivity (Wildman–Crippen MR) is 78.5 cm³/mol. The number of aliphatic imine (C=N–C) groups is 2. The Morgan fingerprint density at radius 1 is 0.947 bits per heavy atom. The lowest BCUT2D eigenvalue weighted by Gasteiger charge is -2.17. The second-order valence-corrected chi connectivity index (χ2v) is 7.01. The molecule has 0 amide bonds. The third-order valence-corrected chi connectivity index (χ3v) is 4.07. The highest BCUT2D eigenvalue weighted by atomic mass is 35.5. The zero-order valence-corrected chi connectivity index (χ0v) is 13.2. The van der Waals surface area contributed by atoms with Gasteiger partial charge in [-0.15, -0.1) is 0 Å². The average Bonchev–Trinajstić information content (AvgIpc) is 2.99. The molecular weight excluding hydrogens is 287 g/mol. The van der Waals surface area contributed by atoms with Gasteiger partial charge in [0, 0.05) is 0 Å². The molecule has 2 atom stereocenters. The fraction of sp³-hybridized carbons (Fsp3) is 0.846. The zero-order chi connectivity index (χ0) is 14.2. The highest BCUT2D eigenvalue weighted by Crippen LogP contribution is 2.33. The maximum atomic E-state index is 6.34. The van der Waals surface area contributed by atoms with Crippen molar-refractivity contribution >= 4 is 35.0 Å². The molecule has 0 saturated heterocycles. The molecule has 0 aromatic rings. The smallest absolute Gasteiger partial charge is 0.267 e. The Kier molecular flexibility index (Phi) is 4.31. The highest BCUT2D eigenvalue weighted by Gasteiger charge is 2.46. The molecule has 2 aliphatic heterocycles. The summed E-state index contributed by atoms with van der Waals surface area (Å²) in [6.45, 7) is 9.36. The highest BCUT2D eigenvalue weighted by molar-refractivity contribution is 6.67. The molecule has 19 heavy (non-hydrogen) atoms. The normalized spacial score (nSPS) is 27.4. The van der Waals surface area contributed by atoms with E-state index in [1.54, 1.807) is 0 Å². The molecule has 0 bridgehead atoms. The molecule has 0 unspecified atom stereocenters. The summed E-state index contributed by atoms with van der Waals surface area (Å²) in [4.78, 5) is 8.89. The second kappa shape index (κ2) is 5.49. The van der Waals surface area contributed by atoms with Crippen molar-refractivity contribution in [3.05, 3.63) is 0 Å². The molecule has 108 valence electrons. The van der Waals surface area contributed by atoms with E-state index in [9.17, 15) is 0 Å². The van der Waals surface area contributed by atoms with Crippen LogP contribution in [-0.2, 0) is 9.47 Å². The third kappa shape index (κ3) is 3.00. The van der Waals surface area contributed by atoms with E-state index in [2.05, 4.69) is 37.7 Å². The maximum Gasteiger partial charge on any atom is 0.267 e. The molecule has 6 heteroatoms. The molecule has 0 aromatic heterocycles. The lowest BCUT2D eigenvalue weighted by atomic mass is 10.1. The van der Waals surface area contributed by atoms with E-state index in [4.69, 9.17) is 32.7 Å². The van der Waals surface area contributed by atoms with Gasteiger partial charge in [-0.25, -0.2) is 9.98 Å². The first-order valence-electron chi connectivity index (χ1n) is 6.62. The van der Waals surface area contributed by atoms with Crippen molar-refractivity contribution in [2.75, 3.05) is 13.2 Å². The van der Waals surface area contributed by atoms with Crippen LogP contribution in [-0.4, -0.2) is 41.4 Å². The van der Waals surface area contributed by atoms with Crippen LogP contribution in [0, 0.1) is 11.8 Å². The summed E-state index contributed by atoms with van der Waals surface area (Å²) in [5, 5.41) is 0. The molecule has 2 aliphatic rings. The molecule has 0 radical (unpaired) electrons. The summed E-state index contributed by atoms with van der Waals surface area (Å²) < 4.78 is 9.64. The molecule has 4 nitrogen and oxygen atoms in total. The van der Waals surface area contributed by atoms with Crippen LogP contribution < -0.4 is 0 Å². The minimum absolute atomic E-state index is 0.0924. The van der Waals surface area contributed by atoms with E-state index >= 15 is 0 Å². The Balaban J connectivity index is 2.15. The number of hydrogen-bond donors (Lipinski definition) is 0. The summed E-state index contributed by atoms with van der Waals surface area (Å²) in [5.41, 5.74) is 0. The molecule has 0 aliphatic carbocycles. The quantitative estimate of drug-likeness (QED) is 0.749.